The van der Waals surface area contributed by atoms with Gasteiger partial charge in [0.05, 0.1) is 6.42 Å². The Morgan fingerprint density at radius 2 is 2.50 bits per heavy atom. The van der Waals surface area contributed by atoms with Crippen molar-refractivity contribution in [3.63, 3.8) is 0 Å². The molecular formula is C4H5NO2S. The molecule has 3 nitrogen and oxygen atoms in total. The number of carboxylic acids is 1. The molecule has 0 atom stereocenters. The van der Waals surface area contributed by atoms with Crippen LogP contribution in [-0.4, -0.2) is 16.8 Å². The Morgan fingerprint density at radius 3 is 2.88 bits per heavy atom. The van der Waals surface area contributed by atoms with Crippen LogP contribution in [0.3, 0.4) is 0 Å². The minimum Gasteiger partial charge on any atom is -0.481 e. The van der Waals surface area contributed by atoms with Crippen LogP contribution in [0.15, 0.2) is 0 Å². The molecule has 0 heterocycles. The molecule has 0 aliphatic heterocycles. The molecule has 0 unspecified atom stereocenters. The van der Waals surface area contributed by atoms with Gasteiger partial charge in [-0.2, -0.15) is 5.26 Å². The highest BCUT2D eigenvalue weighted by molar-refractivity contribution is 8.03. The summed E-state index contributed by atoms with van der Waals surface area (Å²) >= 11 is 0.961. The molecule has 0 bridgehead atoms. The molecule has 0 rings (SSSR count). The quantitative estimate of drug-likeness (QED) is 0.452. The summed E-state index contributed by atoms with van der Waals surface area (Å²) in [6.45, 7) is 0. The number of hydrogen-bond acceptors (Lipinski definition) is 3. The largest absolute Gasteiger partial charge is 0.481 e. The minimum absolute atomic E-state index is 0.0677. The van der Waals surface area contributed by atoms with Gasteiger partial charge in [-0.15, -0.1) is 0 Å². The lowest BCUT2D eigenvalue weighted by Crippen LogP contribution is -1.94. The molecule has 0 saturated heterocycles. The lowest BCUT2D eigenvalue weighted by atomic mass is 10.5. The number of carboxylic acid groups (broad SMARTS) is 1. The lowest BCUT2D eigenvalue weighted by molar-refractivity contribution is -0.136. The van der Waals surface area contributed by atoms with E-state index >= 15 is 0 Å². The van der Waals surface area contributed by atoms with Crippen LogP contribution in [0.25, 0.3) is 0 Å². The first-order chi connectivity index (χ1) is 3.77. The molecular weight excluding hydrogens is 126 g/mol. The molecule has 0 fully saturated rings. The molecule has 0 radical (unpaired) electrons. The van der Waals surface area contributed by atoms with E-state index in [-0.39, 0.29) is 6.42 Å². The summed E-state index contributed by atoms with van der Waals surface area (Å²) in [5, 5.41) is 17.7. The number of rotatable bonds is 3. The van der Waals surface area contributed by atoms with Gasteiger partial charge < -0.3 is 5.11 Å². The fourth-order valence-electron chi connectivity index (χ4n) is 0.184. The van der Waals surface area contributed by atoms with Crippen molar-refractivity contribution in [2.24, 2.45) is 0 Å². The average Bonchev–Trinajstić information content (AvgIpc) is 1.66. The third-order valence-corrected chi connectivity index (χ3v) is 1.02. The topological polar surface area (TPSA) is 61.1 Å². The van der Waals surface area contributed by atoms with Crippen LogP contribution >= 0.6 is 11.8 Å². The zero-order valence-electron chi connectivity index (χ0n) is 4.13. The third kappa shape index (κ3) is 5.31. The normalized spacial score (nSPS) is 7.88. The average molecular weight is 131 g/mol. The number of hydrogen-bond donors (Lipinski definition) is 1. The molecule has 0 aromatic heterocycles. The highest BCUT2D eigenvalue weighted by Gasteiger charge is 1.93. The second-order valence-electron chi connectivity index (χ2n) is 1.08. The predicted molar refractivity (Wildman–Crippen MR) is 30.3 cm³/mol. The first-order valence-corrected chi connectivity index (χ1v) is 2.98. The van der Waals surface area contributed by atoms with Crippen molar-refractivity contribution in [2.75, 3.05) is 5.75 Å². The van der Waals surface area contributed by atoms with Crippen LogP contribution < -0.4 is 0 Å². The fourth-order valence-corrected chi connectivity index (χ4v) is 0.552. The maximum Gasteiger partial charge on any atom is 0.304 e. The van der Waals surface area contributed by atoms with Gasteiger partial charge in [0.2, 0.25) is 0 Å². The van der Waals surface area contributed by atoms with E-state index in [0.717, 1.165) is 11.8 Å². The smallest absolute Gasteiger partial charge is 0.304 e. The second-order valence-corrected chi connectivity index (χ2v) is 1.96. The number of thioether (sulfide) groups is 1. The van der Waals surface area contributed by atoms with E-state index in [1.165, 1.54) is 0 Å². The SMILES string of the molecule is N#CSCCC(=O)O. The van der Waals surface area contributed by atoms with Crippen LogP contribution in [0.1, 0.15) is 6.42 Å². The molecule has 0 amide bonds. The Labute approximate surface area is 51.3 Å². The Balaban J connectivity index is 2.97. The molecule has 0 aliphatic rings. The van der Waals surface area contributed by atoms with E-state index in [9.17, 15) is 4.79 Å². The van der Waals surface area contributed by atoms with Crippen molar-refractivity contribution in [1.82, 2.24) is 0 Å². The zero-order valence-corrected chi connectivity index (χ0v) is 4.94. The van der Waals surface area contributed by atoms with E-state index < -0.39 is 5.97 Å². The summed E-state index contributed by atoms with van der Waals surface area (Å²) in [6.07, 6.45) is 0.0677. The second kappa shape index (κ2) is 4.47. The maximum absolute atomic E-state index is 9.75. The molecule has 0 saturated carbocycles. The standard InChI is InChI=1S/C4H5NO2S/c5-3-8-2-1-4(6)7/h1-2H2,(H,6,7). The zero-order chi connectivity index (χ0) is 6.41. The molecule has 0 aromatic rings. The van der Waals surface area contributed by atoms with Gasteiger partial charge in [-0.3, -0.25) is 4.79 Å². The summed E-state index contributed by atoms with van der Waals surface area (Å²) in [4.78, 5) is 9.75. The van der Waals surface area contributed by atoms with Gasteiger partial charge in [-0.1, -0.05) is 0 Å². The van der Waals surface area contributed by atoms with Crippen molar-refractivity contribution < 1.29 is 9.90 Å². The summed E-state index contributed by atoms with van der Waals surface area (Å²) in [7, 11) is 0. The van der Waals surface area contributed by atoms with Crippen molar-refractivity contribution >= 4 is 17.7 Å². The number of nitrogens with zero attached hydrogens (tertiary/aromatic N) is 1. The fraction of sp³-hybridized carbons (Fsp3) is 0.500. The molecule has 44 valence electrons. The number of thiocyanates is 1. The molecule has 1 N–H and O–H groups in total. The molecule has 4 heteroatoms. The van der Waals surface area contributed by atoms with Gasteiger partial charge in [-0.25, -0.2) is 0 Å². The van der Waals surface area contributed by atoms with Crippen molar-refractivity contribution in [1.29, 1.82) is 5.26 Å². The van der Waals surface area contributed by atoms with Gasteiger partial charge in [0.15, 0.2) is 0 Å². The van der Waals surface area contributed by atoms with E-state index in [1.807, 2.05) is 0 Å². The highest BCUT2D eigenvalue weighted by atomic mass is 32.2. The van der Waals surface area contributed by atoms with Gasteiger partial charge >= 0.3 is 5.97 Å². The minimum atomic E-state index is -0.854. The first kappa shape index (κ1) is 7.31. The van der Waals surface area contributed by atoms with Crippen LogP contribution in [0.2, 0.25) is 0 Å². The molecule has 0 aromatic carbocycles. The number of carbonyl (C=O) groups is 1. The van der Waals surface area contributed by atoms with Crippen molar-refractivity contribution in [3.8, 4) is 5.40 Å². The highest BCUT2D eigenvalue weighted by Crippen LogP contribution is 1.97. The van der Waals surface area contributed by atoms with Gasteiger partial charge in [0, 0.05) is 5.75 Å². The molecule has 0 aliphatic carbocycles. The maximum atomic E-state index is 9.75. The van der Waals surface area contributed by atoms with Crippen LogP contribution in [0.5, 0.6) is 0 Å². The van der Waals surface area contributed by atoms with Gasteiger partial charge in [0.25, 0.3) is 0 Å². The van der Waals surface area contributed by atoms with Crippen LogP contribution in [0, 0.1) is 10.7 Å². The Bertz CT molecular complexity index is 118. The first-order valence-electron chi connectivity index (χ1n) is 2.00. The van der Waals surface area contributed by atoms with Gasteiger partial charge in [-0.05, 0) is 11.8 Å². The Morgan fingerprint density at radius 1 is 1.88 bits per heavy atom. The number of aliphatic carboxylic acids is 1. The van der Waals surface area contributed by atoms with Crippen molar-refractivity contribution in [2.45, 2.75) is 6.42 Å². The third-order valence-electron chi connectivity index (χ3n) is 0.483. The summed E-state index contributed by atoms with van der Waals surface area (Å²) in [5.41, 5.74) is 0. The predicted octanol–water partition coefficient (Wildman–Crippen LogP) is 0.675. The Hall–Kier alpha value is -0.690. The lowest BCUT2D eigenvalue weighted by Gasteiger charge is -1.83. The summed E-state index contributed by atoms with van der Waals surface area (Å²) < 4.78 is 0. The van der Waals surface area contributed by atoms with E-state index in [1.54, 1.807) is 5.40 Å². The molecule has 0 spiro atoms. The Kier molecular flexibility index (Phi) is 4.08. The number of nitriles is 1. The van der Waals surface area contributed by atoms with Gasteiger partial charge in [0.1, 0.15) is 5.40 Å². The van der Waals surface area contributed by atoms with E-state index in [2.05, 4.69) is 0 Å². The van der Waals surface area contributed by atoms with E-state index in [4.69, 9.17) is 10.4 Å². The summed E-state index contributed by atoms with van der Waals surface area (Å²) in [6, 6.07) is 0. The van der Waals surface area contributed by atoms with Crippen LogP contribution in [-0.2, 0) is 4.79 Å². The monoisotopic (exact) mass is 131 g/mol. The van der Waals surface area contributed by atoms with Crippen LogP contribution in [0.4, 0.5) is 0 Å². The van der Waals surface area contributed by atoms with Crippen molar-refractivity contribution in [3.05, 3.63) is 0 Å². The summed E-state index contributed by atoms with van der Waals surface area (Å²) in [5.74, 6) is -0.473. The molecule has 8 heavy (non-hydrogen) atoms. The van der Waals surface area contributed by atoms with E-state index in [0.29, 0.717) is 5.75 Å².